The van der Waals surface area contributed by atoms with Gasteiger partial charge in [0, 0.05) is 17.4 Å². The van der Waals surface area contributed by atoms with Crippen LogP contribution in [0.25, 0.3) is 0 Å². The fraction of sp³-hybridized carbons (Fsp3) is 0.647. The summed E-state index contributed by atoms with van der Waals surface area (Å²) >= 11 is 6.48. The summed E-state index contributed by atoms with van der Waals surface area (Å²) in [4.78, 5) is 0. The molecule has 1 aliphatic heterocycles. The Kier molecular flexibility index (Phi) is 3.13. The lowest BCUT2D eigenvalue weighted by Gasteiger charge is -2.29. The van der Waals surface area contributed by atoms with Gasteiger partial charge in [-0.3, -0.25) is 0 Å². The van der Waals surface area contributed by atoms with Crippen LogP contribution >= 0.6 is 11.6 Å². The van der Waals surface area contributed by atoms with Gasteiger partial charge in [-0.05, 0) is 43.4 Å². The summed E-state index contributed by atoms with van der Waals surface area (Å²) in [5, 5.41) is 0.667. The summed E-state index contributed by atoms with van der Waals surface area (Å²) in [5.74, 6) is 1.52. The van der Waals surface area contributed by atoms with Crippen molar-refractivity contribution in [3.8, 4) is 11.5 Å². The van der Waals surface area contributed by atoms with E-state index < -0.39 is 0 Å². The third-order valence-corrected chi connectivity index (χ3v) is 5.87. The Labute approximate surface area is 130 Å². The van der Waals surface area contributed by atoms with E-state index in [9.17, 15) is 0 Å². The van der Waals surface area contributed by atoms with E-state index in [4.69, 9.17) is 26.8 Å². The first kappa shape index (κ1) is 13.7. The minimum atomic E-state index is 0.0750. The molecular formula is C17H22ClNO2. The van der Waals surface area contributed by atoms with Crippen molar-refractivity contribution in [2.24, 2.45) is 11.1 Å². The number of fused-ring (bicyclic) bond motifs is 1. The van der Waals surface area contributed by atoms with Gasteiger partial charge in [0.05, 0.1) is 18.2 Å². The minimum absolute atomic E-state index is 0.0750. The quantitative estimate of drug-likeness (QED) is 0.907. The van der Waals surface area contributed by atoms with E-state index in [1.165, 1.54) is 31.2 Å². The average Bonchev–Trinajstić information content (AvgIpc) is 3.15. The molecule has 0 aromatic heterocycles. The van der Waals surface area contributed by atoms with Crippen LogP contribution in [0, 0.1) is 5.41 Å². The molecule has 0 bridgehead atoms. The molecule has 3 aliphatic rings. The van der Waals surface area contributed by atoms with Crippen LogP contribution in [-0.2, 0) is 5.41 Å². The van der Waals surface area contributed by atoms with Crippen molar-refractivity contribution >= 4 is 11.6 Å². The lowest BCUT2D eigenvalue weighted by Crippen LogP contribution is -2.32. The molecule has 0 radical (unpaired) electrons. The number of hydrogen-bond acceptors (Lipinski definition) is 3. The lowest BCUT2D eigenvalue weighted by atomic mass is 9.79. The molecule has 1 spiro atoms. The summed E-state index contributed by atoms with van der Waals surface area (Å²) in [6.45, 7) is 2.14. The molecule has 0 saturated heterocycles. The molecule has 1 aromatic rings. The van der Waals surface area contributed by atoms with Gasteiger partial charge in [0.2, 0.25) is 0 Å². The van der Waals surface area contributed by atoms with E-state index in [2.05, 4.69) is 6.07 Å². The highest BCUT2D eigenvalue weighted by atomic mass is 35.5. The van der Waals surface area contributed by atoms with Crippen molar-refractivity contribution in [2.75, 3.05) is 19.8 Å². The molecule has 1 heterocycles. The van der Waals surface area contributed by atoms with Crippen molar-refractivity contribution in [1.82, 2.24) is 0 Å². The second-order valence-electron chi connectivity index (χ2n) is 7.05. The fourth-order valence-electron chi connectivity index (χ4n) is 3.75. The van der Waals surface area contributed by atoms with E-state index >= 15 is 0 Å². The molecule has 2 fully saturated rings. The lowest BCUT2D eigenvalue weighted by molar-refractivity contribution is 0.197. The smallest absolute Gasteiger partial charge is 0.179 e. The minimum Gasteiger partial charge on any atom is -0.489 e. The van der Waals surface area contributed by atoms with Crippen molar-refractivity contribution in [2.45, 2.75) is 43.9 Å². The monoisotopic (exact) mass is 307 g/mol. The second kappa shape index (κ2) is 4.79. The molecule has 4 rings (SSSR count). The first-order valence-corrected chi connectivity index (χ1v) is 8.34. The zero-order valence-corrected chi connectivity index (χ0v) is 13.0. The van der Waals surface area contributed by atoms with Crippen LogP contribution in [0.4, 0.5) is 0 Å². The molecule has 3 nitrogen and oxygen atoms in total. The van der Waals surface area contributed by atoms with Gasteiger partial charge in [0.1, 0.15) is 0 Å². The Balaban J connectivity index is 1.72. The van der Waals surface area contributed by atoms with E-state index in [1.807, 2.05) is 6.07 Å². The third kappa shape index (κ3) is 2.22. The normalized spacial score (nSPS) is 24.9. The maximum absolute atomic E-state index is 6.48. The van der Waals surface area contributed by atoms with Gasteiger partial charge in [-0.2, -0.15) is 0 Å². The third-order valence-electron chi connectivity index (χ3n) is 5.59. The fourth-order valence-corrected chi connectivity index (χ4v) is 4.01. The average molecular weight is 308 g/mol. The van der Waals surface area contributed by atoms with Crippen LogP contribution in [0.1, 0.15) is 44.1 Å². The number of hydrogen-bond donors (Lipinski definition) is 1. The zero-order chi connectivity index (χ0) is 14.5. The molecule has 0 amide bonds. The van der Waals surface area contributed by atoms with Gasteiger partial charge >= 0.3 is 0 Å². The van der Waals surface area contributed by atoms with Gasteiger partial charge in [0.25, 0.3) is 0 Å². The van der Waals surface area contributed by atoms with Crippen molar-refractivity contribution < 1.29 is 9.47 Å². The molecule has 114 valence electrons. The van der Waals surface area contributed by atoms with Crippen molar-refractivity contribution in [3.05, 3.63) is 22.7 Å². The van der Waals surface area contributed by atoms with E-state index in [0.717, 1.165) is 37.6 Å². The molecule has 2 N–H and O–H groups in total. The molecule has 1 aromatic carbocycles. The summed E-state index contributed by atoms with van der Waals surface area (Å²) in [6, 6.07) is 4.17. The Bertz CT molecular complexity index is 562. The number of rotatable bonds is 2. The summed E-state index contributed by atoms with van der Waals surface area (Å²) in [5.41, 5.74) is 7.63. The summed E-state index contributed by atoms with van der Waals surface area (Å²) < 4.78 is 12.0. The first-order chi connectivity index (χ1) is 10.2. The van der Waals surface area contributed by atoms with Crippen LogP contribution in [-0.4, -0.2) is 19.8 Å². The molecule has 4 heteroatoms. The van der Waals surface area contributed by atoms with Crippen molar-refractivity contribution in [3.63, 3.8) is 0 Å². The molecule has 21 heavy (non-hydrogen) atoms. The molecule has 2 saturated carbocycles. The Morgan fingerprint density at radius 3 is 2.43 bits per heavy atom. The maximum atomic E-state index is 6.48. The molecule has 2 aliphatic carbocycles. The highest BCUT2D eigenvalue weighted by Gasteiger charge is 2.46. The van der Waals surface area contributed by atoms with Crippen LogP contribution < -0.4 is 15.2 Å². The van der Waals surface area contributed by atoms with Gasteiger partial charge in [0.15, 0.2) is 11.5 Å². The summed E-state index contributed by atoms with van der Waals surface area (Å²) in [7, 11) is 0. The van der Waals surface area contributed by atoms with E-state index in [1.54, 1.807) is 0 Å². The number of ether oxygens (including phenoxy) is 2. The Morgan fingerprint density at radius 2 is 1.76 bits per heavy atom. The van der Waals surface area contributed by atoms with Crippen LogP contribution in [0.5, 0.6) is 11.5 Å². The van der Waals surface area contributed by atoms with Crippen LogP contribution in [0.2, 0.25) is 5.02 Å². The van der Waals surface area contributed by atoms with E-state index in [-0.39, 0.29) is 10.8 Å². The van der Waals surface area contributed by atoms with Crippen LogP contribution in [0.15, 0.2) is 12.1 Å². The van der Waals surface area contributed by atoms with Crippen molar-refractivity contribution in [1.29, 1.82) is 0 Å². The number of nitrogens with two attached hydrogens (primary N) is 1. The topological polar surface area (TPSA) is 44.5 Å². The van der Waals surface area contributed by atoms with Gasteiger partial charge in [-0.15, -0.1) is 0 Å². The van der Waals surface area contributed by atoms with Crippen LogP contribution in [0.3, 0.4) is 0 Å². The second-order valence-corrected chi connectivity index (χ2v) is 7.46. The van der Waals surface area contributed by atoms with Gasteiger partial charge in [-0.25, -0.2) is 0 Å². The maximum Gasteiger partial charge on any atom is 0.179 e. The Morgan fingerprint density at radius 1 is 1.05 bits per heavy atom. The predicted molar refractivity (Wildman–Crippen MR) is 83.3 cm³/mol. The molecule has 0 atom stereocenters. The zero-order valence-electron chi connectivity index (χ0n) is 12.3. The summed E-state index contributed by atoms with van der Waals surface area (Å²) in [6.07, 6.45) is 7.15. The number of halogens is 1. The number of benzene rings is 1. The van der Waals surface area contributed by atoms with Gasteiger partial charge < -0.3 is 15.2 Å². The largest absolute Gasteiger partial charge is 0.489 e. The standard InChI is InChI=1S/C17H22ClNO2/c18-13-7-12(17(9-19)3-1-2-4-17)8-14-15(13)21-11-16(5-6-16)10-20-14/h7-8H,1-6,9-11,19H2. The molecular weight excluding hydrogens is 286 g/mol. The Hall–Kier alpha value is -0.930. The first-order valence-electron chi connectivity index (χ1n) is 7.96. The van der Waals surface area contributed by atoms with E-state index in [0.29, 0.717) is 11.6 Å². The van der Waals surface area contributed by atoms with Gasteiger partial charge in [-0.1, -0.05) is 24.4 Å². The molecule has 0 unspecified atom stereocenters. The predicted octanol–water partition coefficient (Wildman–Crippen LogP) is 3.66. The highest BCUT2D eigenvalue weighted by molar-refractivity contribution is 6.32. The SMILES string of the molecule is NCC1(c2cc(Cl)c3c(c2)OCC2(CC2)CO3)CCCC1. The highest BCUT2D eigenvalue weighted by Crippen LogP contribution is 2.52.